The summed E-state index contributed by atoms with van der Waals surface area (Å²) in [5, 5.41) is 0. The Balaban J connectivity index is 2.29. The van der Waals surface area contributed by atoms with E-state index >= 15 is 0 Å². The fraction of sp³-hybridized carbons (Fsp3) is 0.750. The minimum Gasteiger partial charge on any atom is -0.326 e. The van der Waals surface area contributed by atoms with Crippen molar-refractivity contribution in [3.63, 3.8) is 0 Å². The highest BCUT2D eigenvalue weighted by Gasteiger charge is 2.33. The first-order valence-corrected chi connectivity index (χ1v) is 9.62. The quantitative estimate of drug-likeness (QED) is 0.853. The molecule has 0 aliphatic carbocycles. The molecule has 1 aromatic rings. The van der Waals surface area contributed by atoms with Gasteiger partial charge in [-0.2, -0.15) is 0 Å². The predicted octanol–water partition coefficient (Wildman–Crippen LogP) is 3.71. The lowest BCUT2D eigenvalue weighted by Gasteiger charge is -2.39. The van der Waals surface area contributed by atoms with Crippen molar-refractivity contribution in [2.45, 2.75) is 51.2 Å². The third kappa shape index (κ3) is 4.29. The summed E-state index contributed by atoms with van der Waals surface area (Å²) in [7, 11) is 2.24. The smallest absolute Gasteiger partial charge is 0.0702 e. The van der Waals surface area contributed by atoms with Crippen molar-refractivity contribution >= 4 is 27.3 Å². The van der Waals surface area contributed by atoms with Crippen LogP contribution in [-0.2, 0) is 0 Å². The fourth-order valence-electron chi connectivity index (χ4n) is 3.32. The number of nitrogens with zero attached hydrogens (tertiary/aromatic N) is 2. The van der Waals surface area contributed by atoms with E-state index in [-0.39, 0.29) is 6.04 Å². The SMILES string of the molecule is CCC(N)C(c1ccc(Br)s1)N1CCCN(C)CC1CC. The Morgan fingerprint density at radius 3 is 2.71 bits per heavy atom. The summed E-state index contributed by atoms with van der Waals surface area (Å²) in [5.74, 6) is 0. The first kappa shape index (κ1) is 17.4. The molecule has 1 fully saturated rings. The van der Waals surface area contributed by atoms with E-state index in [4.69, 9.17) is 5.73 Å². The lowest BCUT2D eigenvalue weighted by atomic mass is 10.00. The second-order valence-corrected chi connectivity index (χ2v) is 8.57. The van der Waals surface area contributed by atoms with E-state index in [2.05, 4.69) is 58.8 Å². The number of nitrogens with two attached hydrogens (primary N) is 1. The van der Waals surface area contributed by atoms with Gasteiger partial charge < -0.3 is 10.6 Å². The molecule has 0 spiro atoms. The third-order valence-corrected chi connectivity index (χ3v) is 6.23. The summed E-state index contributed by atoms with van der Waals surface area (Å²) in [5.41, 5.74) is 6.53. The minimum atomic E-state index is 0.202. The van der Waals surface area contributed by atoms with Gasteiger partial charge in [0.05, 0.1) is 9.83 Å². The Kier molecular flexibility index (Phi) is 6.69. The van der Waals surface area contributed by atoms with E-state index in [0.717, 1.165) is 19.5 Å². The van der Waals surface area contributed by atoms with E-state index in [1.165, 1.54) is 28.0 Å². The van der Waals surface area contributed by atoms with Crippen LogP contribution < -0.4 is 5.73 Å². The zero-order valence-corrected chi connectivity index (χ0v) is 15.8. The van der Waals surface area contributed by atoms with Crippen molar-refractivity contribution in [2.75, 3.05) is 26.7 Å². The van der Waals surface area contributed by atoms with E-state index < -0.39 is 0 Å². The van der Waals surface area contributed by atoms with E-state index in [1.807, 2.05) is 11.3 Å². The van der Waals surface area contributed by atoms with Crippen molar-refractivity contribution in [3.8, 4) is 0 Å². The van der Waals surface area contributed by atoms with Crippen LogP contribution in [0.1, 0.15) is 44.0 Å². The molecule has 0 radical (unpaired) electrons. The van der Waals surface area contributed by atoms with Gasteiger partial charge in [-0.05, 0) is 60.9 Å². The topological polar surface area (TPSA) is 32.5 Å². The van der Waals surface area contributed by atoms with Crippen molar-refractivity contribution in [1.29, 1.82) is 0 Å². The maximum Gasteiger partial charge on any atom is 0.0702 e. The average Bonchev–Trinajstić information content (AvgIpc) is 2.80. The molecule has 1 saturated heterocycles. The average molecular weight is 374 g/mol. The number of rotatable bonds is 5. The molecular weight excluding hydrogens is 346 g/mol. The normalized spacial score (nSPS) is 24.7. The molecule has 1 aliphatic heterocycles. The summed E-state index contributed by atoms with van der Waals surface area (Å²) in [6.45, 7) is 7.99. The molecule has 0 saturated carbocycles. The first-order chi connectivity index (χ1) is 10.1. The molecule has 1 aliphatic rings. The van der Waals surface area contributed by atoms with Gasteiger partial charge in [-0.15, -0.1) is 11.3 Å². The lowest BCUT2D eigenvalue weighted by molar-refractivity contribution is 0.111. The second kappa shape index (κ2) is 8.06. The molecule has 3 atom stereocenters. The summed E-state index contributed by atoms with van der Waals surface area (Å²) in [4.78, 5) is 6.54. The van der Waals surface area contributed by atoms with E-state index in [0.29, 0.717) is 12.1 Å². The first-order valence-electron chi connectivity index (χ1n) is 8.01. The Hall–Kier alpha value is 0.0600. The van der Waals surface area contributed by atoms with E-state index in [1.54, 1.807) is 0 Å². The van der Waals surface area contributed by atoms with Crippen LogP contribution in [0.2, 0.25) is 0 Å². The number of hydrogen-bond donors (Lipinski definition) is 1. The lowest BCUT2D eigenvalue weighted by Crippen LogP contribution is -2.47. The standard InChI is InChI=1S/C16H28BrN3S/c1-4-12-11-19(3)9-6-10-20(12)16(13(18)5-2)14-7-8-15(17)21-14/h7-8,12-13,16H,4-6,9-11,18H2,1-3H3. The molecule has 21 heavy (non-hydrogen) atoms. The maximum atomic E-state index is 6.53. The maximum absolute atomic E-state index is 6.53. The predicted molar refractivity (Wildman–Crippen MR) is 95.9 cm³/mol. The Bertz CT molecular complexity index is 437. The monoisotopic (exact) mass is 373 g/mol. The third-order valence-electron chi connectivity index (χ3n) is 4.54. The highest BCUT2D eigenvalue weighted by molar-refractivity contribution is 9.11. The molecule has 3 nitrogen and oxygen atoms in total. The summed E-state index contributed by atoms with van der Waals surface area (Å²) in [6.07, 6.45) is 3.43. The van der Waals surface area contributed by atoms with Crippen LogP contribution in [0.25, 0.3) is 0 Å². The van der Waals surface area contributed by atoms with Crippen LogP contribution in [-0.4, -0.2) is 48.6 Å². The molecule has 1 aromatic heterocycles. The second-order valence-electron chi connectivity index (χ2n) is 6.07. The molecule has 0 amide bonds. The Labute approximate surface area is 141 Å². The Morgan fingerprint density at radius 2 is 2.14 bits per heavy atom. The summed E-state index contributed by atoms with van der Waals surface area (Å²) < 4.78 is 1.20. The Morgan fingerprint density at radius 1 is 1.38 bits per heavy atom. The van der Waals surface area contributed by atoms with Gasteiger partial charge in [0.25, 0.3) is 0 Å². The van der Waals surface area contributed by atoms with Gasteiger partial charge in [-0.3, -0.25) is 4.90 Å². The molecule has 2 N–H and O–H groups in total. The van der Waals surface area contributed by atoms with Gasteiger partial charge in [0.15, 0.2) is 0 Å². The highest BCUT2D eigenvalue weighted by Crippen LogP contribution is 2.35. The molecule has 5 heteroatoms. The van der Waals surface area contributed by atoms with Gasteiger partial charge in [-0.25, -0.2) is 0 Å². The molecule has 2 rings (SSSR count). The molecule has 0 bridgehead atoms. The number of thiophene rings is 1. The van der Waals surface area contributed by atoms with Crippen molar-refractivity contribution in [1.82, 2.24) is 9.80 Å². The van der Waals surface area contributed by atoms with Crippen LogP contribution in [0.4, 0.5) is 0 Å². The van der Waals surface area contributed by atoms with Gasteiger partial charge in [-0.1, -0.05) is 13.8 Å². The molecule has 3 unspecified atom stereocenters. The number of hydrogen-bond acceptors (Lipinski definition) is 4. The number of halogens is 1. The zero-order chi connectivity index (χ0) is 15.4. The molecular formula is C16H28BrN3S. The van der Waals surface area contributed by atoms with Crippen LogP contribution in [0.3, 0.4) is 0 Å². The van der Waals surface area contributed by atoms with Crippen LogP contribution >= 0.6 is 27.3 Å². The van der Waals surface area contributed by atoms with Gasteiger partial charge in [0.2, 0.25) is 0 Å². The largest absolute Gasteiger partial charge is 0.326 e. The molecule has 120 valence electrons. The minimum absolute atomic E-state index is 0.202. The van der Waals surface area contributed by atoms with Crippen molar-refractivity contribution in [3.05, 3.63) is 20.8 Å². The van der Waals surface area contributed by atoms with Crippen LogP contribution in [0, 0.1) is 0 Å². The summed E-state index contributed by atoms with van der Waals surface area (Å²) in [6, 6.07) is 5.55. The fourth-order valence-corrected chi connectivity index (χ4v) is 4.94. The van der Waals surface area contributed by atoms with Crippen molar-refractivity contribution in [2.24, 2.45) is 5.73 Å². The van der Waals surface area contributed by atoms with Crippen LogP contribution in [0.15, 0.2) is 15.9 Å². The number of likely N-dealkylation sites (N-methyl/N-ethyl adjacent to an activating group) is 1. The van der Waals surface area contributed by atoms with Gasteiger partial charge in [0, 0.05) is 30.1 Å². The summed E-state index contributed by atoms with van der Waals surface area (Å²) >= 11 is 5.44. The van der Waals surface area contributed by atoms with Crippen molar-refractivity contribution < 1.29 is 0 Å². The zero-order valence-electron chi connectivity index (χ0n) is 13.4. The molecule has 0 aromatic carbocycles. The highest BCUT2D eigenvalue weighted by atomic mass is 79.9. The molecule has 2 heterocycles. The van der Waals surface area contributed by atoms with Gasteiger partial charge in [0.1, 0.15) is 0 Å². The van der Waals surface area contributed by atoms with Crippen LogP contribution in [0.5, 0.6) is 0 Å². The van der Waals surface area contributed by atoms with Gasteiger partial charge >= 0.3 is 0 Å². The van der Waals surface area contributed by atoms with E-state index in [9.17, 15) is 0 Å².